The predicted molar refractivity (Wildman–Crippen MR) is 102 cm³/mol. The van der Waals surface area contributed by atoms with Gasteiger partial charge in [-0.15, -0.1) is 0 Å². The molecule has 0 aliphatic carbocycles. The number of benzene rings is 2. The summed E-state index contributed by atoms with van der Waals surface area (Å²) < 4.78 is 6.95. The molecule has 3 rings (SSSR count). The number of ether oxygens (including phenoxy) is 1. The molecule has 0 radical (unpaired) electrons. The summed E-state index contributed by atoms with van der Waals surface area (Å²) in [5.74, 6) is -1.27. The lowest BCUT2D eigenvalue weighted by Gasteiger charge is -2.10. The predicted octanol–water partition coefficient (Wildman–Crippen LogP) is 1.76. The molecule has 1 N–H and O–H groups in total. The zero-order chi connectivity index (χ0) is 19.9. The number of carbonyl (C=O) groups is 2. The van der Waals surface area contributed by atoms with E-state index in [9.17, 15) is 14.7 Å². The van der Waals surface area contributed by atoms with Gasteiger partial charge in [-0.2, -0.15) is 5.10 Å². The number of rotatable bonds is 7. The summed E-state index contributed by atoms with van der Waals surface area (Å²) in [6.45, 7) is 1.20. The van der Waals surface area contributed by atoms with Gasteiger partial charge in [0.15, 0.2) is 0 Å². The van der Waals surface area contributed by atoms with Crippen LogP contribution >= 0.6 is 0 Å². The molecular formula is C21H18N3O4-. The second-order valence-electron chi connectivity index (χ2n) is 5.93. The number of nitrogens with one attached hydrogen (secondary N) is 1. The summed E-state index contributed by atoms with van der Waals surface area (Å²) in [5, 5.41) is 14.7. The van der Waals surface area contributed by atoms with Gasteiger partial charge in [-0.05, 0) is 43.3 Å². The monoisotopic (exact) mass is 376 g/mol. The van der Waals surface area contributed by atoms with Crippen molar-refractivity contribution in [3.05, 3.63) is 84.2 Å². The van der Waals surface area contributed by atoms with Crippen LogP contribution in [0.15, 0.2) is 78.2 Å². The molecule has 1 amide bonds. The molecule has 28 heavy (non-hydrogen) atoms. The maximum atomic E-state index is 12.6. The molecular weight excluding hydrogens is 358 g/mol. The van der Waals surface area contributed by atoms with Gasteiger partial charge in [0.05, 0.1) is 22.9 Å². The zero-order valence-electron chi connectivity index (χ0n) is 15.2. The Hall–Kier alpha value is -3.87. The molecule has 0 atom stereocenters. The van der Waals surface area contributed by atoms with Crippen LogP contribution < -0.4 is 15.3 Å². The quantitative estimate of drug-likeness (QED) is 0.502. The third kappa shape index (κ3) is 4.64. The van der Waals surface area contributed by atoms with E-state index in [0.717, 1.165) is 5.69 Å². The lowest BCUT2D eigenvalue weighted by molar-refractivity contribution is -0.307. The van der Waals surface area contributed by atoms with Crippen molar-refractivity contribution < 1.29 is 19.4 Å². The van der Waals surface area contributed by atoms with Crippen LogP contribution in [0.25, 0.3) is 5.69 Å². The van der Waals surface area contributed by atoms with Crippen molar-refractivity contribution in [1.29, 1.82) is 0 Å². The van der Waals surface area contributed by atoms with E-state index in [2.05, 4.69) is 10.5 Å². The number of carboxylic acid groups (broad SMARTS) is 1. The van der Waals surface area contributed by atoms with Gasteiger partial charge in [-0.3, -0.25) is 4.79 Å². The van der Waals surface area contributed by atoms with Crippen LogP contribution in [0.3, 0.4) is 0 Å². The highest BCUT2D eigenvalue weighted by atomic mass is 16.5. The second kappa shape index (κ2) is 8.68. The molecule has 142 valence electrons. The lowest BCUT2D eigenvalue weighted by atomic mass is 10.1. The summed E-state index contributed by atoms with van der Waals surface area (Å²) >= 11 is 0. The lowest BCUT2D eigenvalue weighted by Crippen LogP contribution is -2.28. The number of aliphatic carboxylic acids is 1. The Labute approximate surface area is 161 Å². The number of amides is 1. The summed E-state index contributed by atoms with van der Waals surface area (Å²) in [6, 6.07) is 17.8. The molecule has 0 fully saturated rings. The van der Waals surface area contributed by atoms with E-state index in [-0.39, 0.29) is 5.91 Å². The first-order valence-corrected chi connectivity index (χ1v) is 8.54. The minimum atomic E-state index is -1.30. The van der Waals surface area contributed by atoms with E-state index in [1.807, 2.05) is 41.2 Å². The molecule has 3 aromatic rings. The van der Waals surface area contributed by atoms with Crippen LogP contribution in [0.2, 0.25) is 0 Å². The van der Waals surface area contributed by atoms with Crippen LogP contribution in [0.1, 0.15) is 22.8 Å². The van der Waals surface area contributed by atoms with Gasteiger partial charge in [0.25, 0.3) is 5.91 Å². The number of aromatic nitrogens is 1. The molecule has 0 spiro atoms. The first-order valence-electron chi connectivity index (χ1n) is 8.54. The van der Waals surface area contributed by atoms with Crippen LogP contribution in [0.4, 0.5) is 0 Å². The first-order chi connectivity index (χ1) is 13.5. The molecule has 0 aliphatic heterocycles. The van der Waals surface area contributed by atoms with E-state index in [1.54, 1.807) is 43.3 Å². The van der Waals surface area contributed by atoms with Gasteiger partial charge in [0, 0.05) is 18.0 Å². The van der Waals surface area contributed by atoms with E-state index >= 15 is 0 Å². The standard InChI is InChI=1S/C21H19N3O4/c1-15(16-7-6-8-17(13-16)28-14-20(25)26)22-23-21(27)18-9-2-3-10-19(18)24-11-4-5-12-24/h2-13H,14H2,1H3,(H,23,27)(H,25,26)/p-1/b22-15-. The smallest absolute Gasteiger partial charge is 0.273 e. The summed E-state index contributed by atoms with van der Waals surface area (Å²) in [7, 11) is 0. The third-order valence-electron chi connectivity index (χ3n) is 3.96. The van der Waals surface area contributed by atoms with Gasteiger partial charge in [-0.25, -0.2) is 5.43 Å². The van der Waals surface area contributed by atoms with E-state index in [1.165, 1.54) is 0 Å². The number of hydrazone groups is 1. The summed E-state index contributed by atoms with van der Waals surface area (Å²) in [5.41, 5.74) is 5.03. The maximum absolute atomic E-state index is 12.6. The van der Waals surface area contributed by atoms with Crippen LogP contribution in [-0.4, -0.2) is 28.8 Å². The number of carboxylic acids is 1. The number of hydrogen-bond acceptors (Lipinski definition) is 5. The molecule has 7 nitrogen and oxygen atoms in total. The normalized spacial score (nSPS) is 11.1. The number of carbonyl (C=O) groups excluding carboxylic acids is 2. The minimum Gasteiger partial charge on any atom is -0.546 e. The molecule has 2 aromatic carbocycles. The molecule has 0 saturated heterocycles. The maximum Gasteiger partial charge on any atom is 0.273 e. The van der Waals surface area contributed by atoms with Gasteiger partial charge >= 0.3 is 0 Å². The zero-order valence-corrected chi connectivity index (χ0v) is 15.2. The fourth-order valence-electron chi connectivity index (χ4n) is 2.60. The molecule has 1 heterocycles. The van der Waals surface area contributed by atoms with Crippen molar-refractivity contribution in [2.24, 2.45) is 5.10 Å². The molecule has 7 heteroatoms. The SMILES string of the molecule is C/C(=N/NC(=O)c1ccccc1-n1cccc1)c1cccc(OCC(=O)[O-])c1. The topological polar surface area (TPSA) is 95.8 Å². The summed E-state index contributed by atoms with van der Waals surface area (Å²) in [6.07, 6.45) is 3.72. The number of nitrogens with zero attached hydrogens (tertiary/aromatic N) is 2. The minimum absolute atomic E-state index is 0.340. The third-order valence-corrected chi connectivity index (χ3v) is 3.96. The van der Waals surface area contributed by atoms with Crippen molar-refractivity contribution in [3.8, 4) is 11.4 Å². The average Bonchev–Trinajstić information content (AvgIpc) is 3.25. The van der Waals surface area contributed by atoms with Gasteiger partial charge in [-0.1, -0.05) is 24.3 Å². The Balaban J connectivity index is 1.75. The van der Waals surface area contributed by atoms with Crippen molar-refractivity contribution in [2.45, 2.75) is 6.92 Å². The van der Waals surface area contributed by atoms with E-state index in [0.29, 0.717) is 22.6 Å². The fraction of sp³-hybridized carbons (Fsp3) is 0.0952. The van der Waals surface area contributed by atoms with Crippen molar-refractivity contribution in [1.82, 2.24) is 9.99 Å². The van der Waals surface area contributed by atoms with Crippen LogP contribution in [0, 0.1) is 0 Å². The highest BCUT2D eigenvalue weighted by molar-refractivity contribution is 6.02. The highest BCUT2D eigenvalue weighted by Crippen LogP contribution is 2.16. The Kier molecular flexibility index (Phi) is 5.86. The van der Waals surface area contributed by atoms with E-state index in [4.69, 9.17) is 4.74 Å². The van der Waals surface area contributed by atoms with Gasteiger partial charge in [0.2, 0.25) is 0 Å². The fourth-order valence-corrected chi connectivity index (χ4v) is 2.60. The largest absolute Gasteiger partial charge is 0.546 e. The Morgan fingerprint density at radius 2 is 1.82 bits per heavy atom. The van der Waals surface area contributed by atoms with Crippen molar-refractivity contribution in [2.75, 3.05) is 6.61 Å². The molecule has 0 unspecified atom stereocenters. The highest BCUT2D eigenvalue weighted by Gasteiger charge is 2.11. The van der Waals surface area contributed by atoms with Gasteiger partial charge < -0.3 is 19.2 Å². The van der Waals surface area contributed by atoms with Crippen molar-refractivity contribution in [3.63, 3.8) is 0 Å². The first kappa shape index (κ1) is 18.9. The molecule has 0 bridgehead atoms. The van der Waals surface area contributed by atoms with Crippen molar-refractivity contribution >= 4 is 17.6 Å². The second-order valence-corrected chi connectivity index (χ2v) is 5.93. The molecule has 1 aromatic heterocycles. The molecule has 0 saturated carbocycles. The van der Waals surface area contributed by atoms with Crippen LogP contribution in [-0.2, 0) is 4.79 Å². The van der Waals surface area contributed by atoms with Gasteiger partial charge in [0.1, 0.15) is 12.4 Å². The Bertz CT molecular complexity index is 1010. The van der Waals surface area contributed by atoms with Crippen LogP contribution in [0.5, 0.6) is 5.75 Å². The van der Waals surface area contributed by atoms with E-state index < -0.39 is 12.6 Å². The Morgan fingerprint density at radius 3 is 2.57 bits per heavy atom. The average molecular weight is 376 g/mol. The summed E-state index contributed by atoms with van der Waals surface area (Å²) in [4.78, 5) is 23.1. The molecule has 0 aliphatic rings. The number of para-hydroxylation sites is 1. The number of hydrogen-bond donors (Lipinski definition) is 1. The Morgan fingerprint density at radius 1 is 1.07 bits per heavy atom.